The van der Waals surface area contributed by atoms with Crippen LogP contribution < -0.4 is 4.90 Å². The van der Waals surface area contributed by atoms with Crippen LogP contribution in [0.15, 0.2) is 47.7 Å². The molecule has 0 unspecified atom stereocenters. The molecular formula is C23H31NO. The van der Waals surface area contributed by atoms with Gasteiger partial charge in [-0.15, -0.1) is 0 Å². The number of allylic oxidation sites excluding steroid dienone is 4. The standard InChI is InChI=1S/C23H31NO/c1-22(2,3)17-12-13-20(25)16(15-17)11-14-21-23(4,5)18-9-7-8-10-19(18)24(21)6/h7-11,14,17H,12-13,15H2,1-6H3/b16-11+,21-14+/t17-/m0/s1. The van der Waals surface area contributed by atoms with Crippen LogP contribution >= 0.6 is 0 Å². The summed E-state index contributed by atoms with van der Waals surface area (Å²) in [5.41, 5.74) is 5.09. The summed E-state index contributed by atoms with van der Waals surface area (Å²) in [5.74, 6) is 0.912. The molecule has 134 valence electrons. The van der Waals surface area contributed by atoms with E-state index in [9.17, 15) is 4.79 Å². The third-order valence-corrected chi connectivity index (χ3v) is 6.15. The first-order valence-electron chi connectivity index (χ1n) is 9.40. The Kier molecular flexibility index (Phi) is 4.43. The molecule has 0 saturated heterocycles. The number of hydrogen-bond acceptors (Lipinski definition) is 2. The number of anilines is 1. The van der Waals surface area contributed by atoms with Crippen LogP contribution in [-0.2, 0) is 10.2 Å². The quantitative estimate of drug-likeness (QED) is 0.618. The Balaban J connectivity index is 1.93. The van der Waals surface area contributed by atoms with Gasteiger partial charge in [-0.1, -0.05) is 58.9 Å². The number of para-hydroxylation sites is 1. The molecule has 1 aromatic carbocycles. The zero-order valence-corrected chi connectivity index (χ0v) is 16.5. The molecule has 1 aromatic rings. The lowest BCUT2D eigenvalue weighted by atomic mass is 9.70. The van der Waals surface area contributed by atoms with E-state index in [4.69, 9.17) is 0 Å². The predicted octanol–water partition coefficient (Wildman–Crippen LogP) is 5.64. The van der Waals surface area contributed by atoms with Crippen LogP contribution in [0, 0.1) is 11.3 Å². The number of carbonyl (C=O) groups is 1. The number of likely N-dealkylation sites (N-methyl/N-ethyl adjacent to an activating group) is 1. The van der Waals surface area contributed by atoms with Gasteiger partial charge in [0.1, 0.15) is 0 Å². The van der Waals surface area contributed by atoms with Gasteiger partial charge in [-0.2, -0.15) is 0 Å². The van der Waals surface area contributed by atoms with Gasteiger partial charge >= 0.3 is 0 Å². The third-order valence-electron chi connectivity index (χ3n) is 6.15. The van der Waals surface area contributed by atoms with E-state index >= 15 is 0 Å². The molecule has 1 aliphatic carbocycles. The number of rotatable bonds is 1. The lowest BCUT2D eigenvalue weighted by molar-refractivity contribution is -0.117. The van der Waals surface area contributed by atoms with Crippen molar-refractivity contribution in [2.75, 3.05) is 11.9 Å². The van der Waals surface area contributed by atoms with E-state index in [0.717, 1.165) is 18.4 Å². The summed E-state index contributed by atoms with van der Waals surface area (Å²) >= 11 is 0. The number of nitrogens with zero attached hydrogens (tertiary/aromatic N) is 1. The zero-order chi connectivity index (χ0) is 18.4. The van der Waals surface area contributed by atoms with E-state index in [0.29, 0.717) is 18.1 Å². The zero-order valence-electron chi connectivity index (χ0n) is 16.5. The number of hydrogen-bond donors (Lipinski definition) is 0. The Morgan fingerprint density at radius 3 is 2.48 bits per heavy atom. The molecule has 25 heavy (non-hydrogen) atoms. The lowest BCUT2D eigenvalue weighted by Crippen LogP contribution is -2.27. The molecule has 0 amide bonds. The van der Waals surface area contributed by atoms with Gasteiger partial charge in [0.15, 0.2) is 5.78 Å². The first kappa shape index (κ1) is 18.0. The van der Waals surface area contributed by atoms with E-state index in [1.807, 2.05) is 0 Å². The minimum absolute atomic E-state index is 0.0381. The molecule has 0 aromatic heterocycles. The molecule has 0 bridgehead atoms. The normalized spacial score (nSPS) is 26.4. The van der Waals surface area contributed by atoms with Gasteiger partial charge in [-0.25, -0.2) is 0 Å². The highest BCUT2D eigenvalue weighted by atomic mass is 16.1. The molecule has 1 atom stereocenters. The summed E-state index contributed by atoms with van der Waals surface area (Å²) in [4.78, 5) is 14.7. The second kappa shape index (κ2) is 6.16. The molecule has 2 nitrogen and oxygen atoms in total. The number of Topliss-reactive ketones (excluding diaryl/α,β-unsaturated/α-hetero) is 1. The molecule has 1 saturated carbocycles. The number of fused-ring (bicyclic) bond motifs is 1. The van der Waals surface area contributed by atoms with Crippen LogP contribution in [0.25, 0.3) is 0 Å². The topological polar surface area (TPSA) is 20.3 Å². The van der Waals surface area contributed by atoms with Crippen LogP contribution in [0.5, 0.6) is 0 Å². The Morgan fingerprint density at radius 2 is 1.84 bits per heavy atom. The van der Waals surface area contributed by atoms with Crippen molar-refractivity contribution in [1.82, 2.24) is 0 Å². The van der Waals surface area contributed by atoms with Crippen molar-refractivity contribution in [1.29, 1.82) is 0 Å². The summed E-state index contributed by atoms with van der Waals surface area (Å²) in [5, 5.41) is 0. The molecular weight excluding hydrogens is 306 g/mol. The minimum Gasteiger partial charge on any atom is -0.347 e. The smallest absolute Gasteiger partial charge is 0.158 e. The molecule has 0 radical (unpaired) electrons. The summed E-state index contributed by atoms with van der Waals surface area (Å²) in [6, 6.07) is 8.58. The Morgan fingerprint density at radius 1 is 1.16 bits per heavy atom. The second-order valence-corrected chi connectivity index (χ2v) is 9.17. The van der Waals surface area contributed by atoms with Crippen LogP contribution in [0.3, 0.4) is 0 Å². The summed E-state index contributed by atoms with van der Waals surface area (Å²) in [7, 11) is 2.12. The van der Waals surface area contributed by atoms with Crippen LogP contribution in [-0.4, -0.2) is 12.8 Å². The van der Waals surface area contributed by atoms with Crippen molar-refractivity contribution < 1.29 is 4.79 Å². The van der Waals surface area contributed by atoms with Gasteiger partial charge in [-0.3, -0.25) is 4.79 Å². The molecule has 1 aliphatic heterocycles. The maximum atomic E-state index is 12.4. The maximum Gasteiger partial charge on any atom is 0.158 e. The van der Waals surface area contributed by atoms with Crippen molar-refractivity contribution in [3.8, 4) is 0 Å². The van der Waals surface area contributed by atoms with Crippen molar-refractivity contribution in [3.05, 3.63) is 53.3 Å². The first-order valence-corrected chi connectivity index (χ1v) is 9.40. The van der Waals surface area contributed by atoms with E-state index < -0.39 is 0 Å². The fourth-order valence-corrected chi connectivity index (χ4v) is 4.33. The summed E-state index contributed by atoms with van der Waals surface area (Å²) < 4.78 is 0. The highest BCUT2D eigenvalue weighted by molar-refractivity contribution is 5.96. The molecule has 1 heterocycles. The van der Waals surface area contributed by atoms with Gasteiger partial charge in [-0.05, 0) is 47.5 Å². The monoisotopic (exact) mass is 337 g/mol. The summed E-state index contributed by atoms with van der Waals surface area (Å²) in [6.45, 7) is 11.4. The summed E-state index contributed by atoms with van der Waals surface area (Å²) in [6.07, 6.45) is 6.89. The Hall–Kier alpha value is -1.83. The fourth-order valence-electron chi connectivity index (χ4n) is 4.33. The van der Waals surface area contributed by atoms with Crippen molar-refractivity contribution >= 4 is 11.5 Å². The van der Waals surface area contributed by atoms with E-state index in [-0.39, 0.29) is 10.8 Å². The molecule has 0 N–H and O–H groups in total. The molecule has 0 spiro atoms. The number of carbonyl (C=O) groups excluding carboxylic acids is 1. The number of ketones is 1. The van der Waals surface area contributed by atoms with E-state index in [1.165, 1.54) is 16.9 Å². The Bertz CT molecular complexity index is 746. The van der Waals surface area contributed by atoms with Gasteiger partial charge in [0, 0.05) is 30.3 Å². The molecule has 3 rings (SSSR count). The van der Waals surface area contributed by atoms with E-state index in [2.05, 4.69) is 83.0 Å². The average Bonchev–Trinajstić information content (AvgIpc) is 2.73. The molecule has 2 heteroatoms. The van der Waals surface area contributed by atoms with Crippen molar-refractivity contribution in [2.45, 2.75) is 59.3 Å². The largest absolute Gasteiger partial charge is 0.347 e. The van der Waals surface area contributed by atoms with Crippen molar-refractivity contribution in [3.63, 3.8) is 0 Å². The SMILES string of the molecule is CN1/C(=C/C=C2\C[C@@H](C(C)(C)C)CCC2=O)C(C)(C)c2ccccc21. The highest BCUT2D eigenvalue weighted by Crippen LogP contribution is 2.47. The first-order chi connectivity index (χ1) is 11.6. The second-order valence-electron chi connectivity index (χ2n) is 9.17. The van der Waals surface area contributed by atoms with Gasteiger partial charge < -0.3 is 4.90 Å². The highest BCUT2D eigenvalue weighted by Gasteiger charge is 2.38. The van der Waals surface area contributed by atoms with Crippen LogP contribution in [0.4, 0.5) is 5.69 Å². The molecule has 2 aliphatic rings. The Labute approximate surface area is 152 Å². The van der Waals surface area contributed by atoms with Crippen LogP contribution in [0.2, 0.25) is 0 Å². The molecule has 1 fully saturated rings. The maximum absolute atomic E-state index is 12.4. The van der Waals surface area contributed by atoms with Gasteiger partial charge in [0.25, 0.3) is 0 Å². The number of benzene rings is 1. The van der Waals surface area contributed by atoms with Crippen molar-refractivity contribution in [2.24, 2.45) is 11.3 Å². The predicted molar refractivity (Wildman–Crippen MR) is 106 cm³/mol. The van der Waals surface area contributed by atoms with Gasteiger partial charge in [0.05, 0.1) is 0 Å². The third kappa shape index (κ3) is 3.19. The lowest BCUT2D eigenvalue weighted by Gasteiger charge is -2.34. The van der Waals surface area contributed by atoms with Crippen LogP contribution in [0.1, 0.15) is 59.4 Å². The van der Waals surface area contributed by atoms with E-state index in [1.54, 1.807) is 0 Å². The average molecular weight is 338 g/mol. The fraction of sp³-hybridized carbons (Fsp3) is 0.522. The minimum atomic E-state index is -0.0381. The van der Waals surface area contributed by atoms with Gasteiger partial charge in [0.2, 0.25) is 0 Å².